The molecule has 0 radical (unpaired) electrons. The molecular weight excluding hydrogens is 282 g/mol. The molecule has 3 rings (SSSR count). The molecule has 2 aromatic heterocycles. The third kappa shape index (κ3) is 2.83. The van der Waals surface area contributed by atoms with Crippen LogP contribution >= 0.6 is 0 Å². The van der Waals surface area contributed by atoms with Crippen LogP contribution in [0.4, 0.5) is 5.82 Å². The fourth-order valence-electron chi connectivity index (χ4n) is 2.00. The van der Waals surface area contributed by atoms with Gasteiger partial charge in [0.2, 0.25) is 0 Å². The van der Waals surface area contributed by atoms with Gasteiger partial charge in [-0.15, -0.1) is 0 Å². The number of carbonyl (C=O) groups excluding carboxylic acids is 1. The van der Waals surface area contributed by atoms with Crippen LogP contribution in [0.2, 0.25) is 0 Å². The van der Waals surface area contributed by atoms with Crippen molar-refractivity contribution in [3.05, 3.63) is 54.7 Å². The molecule has 22 heavy (non-hydrogen) atoms. The summed E-state index contributed by atoms with van der Waals surface area (Å²) in [6.07, 6.45) is 5.01. The lowest BCUT2D eigenvalue weighted by atomic mass is 10.3. The Labute approximate surface area is 127 Å². The molecule has 0 bridgehead atoms. The summed E-state index contributed by atoms with van der Waals surface area (Å²) in [6, 6.07) is 9.20. The first kappa shape index (κ1) is 13.9. The number of rotatable bonds is 4. The zero-order chi connectivity index (χ0) is 15.5. The van der Waals surface area contributed by atoms with Crippen LogP contribution in [0.25, 0.3) is 5.69 Å². The van der Waals surface area contributed by atoms with Crippen molar-refractivity contribution in [1.82, 2.24) is 19.3 Å². The zero-order valence-electron chi connectivity index (χ0n) is 12.2. The number of nitrogens with zero attached hydrogens (tertiary/aromatic N) is 4. The maximum Gasteiger partial charge on any atom is 0.277 e. The molecule has 0 aliphatic heterocycles. The highest BCUT2D eigenvalue weighted by Crippen LogP contribution is 2.15. The molecule has 0 atom stereocenters. The van der Waals surface area contributed by atoms with E-state index in [-0.39, 0.29) is 5.91 Å². The molecule has 0 saturated carbocycles. The minimum absolute atomic E-state index is 0.300. The Hall–Kier alpha value is -3.09. The van der Waals surface area contributed by atoms with Gasteiger partial charge in [-0.3, -0.25) is 9.48 Å². The number of hydrogen-bond acceptors (Lipinski definition) is 4. The van der Waals surface area contributed by atoms with Crippen molar-refractivity contribution >= 4 is 11.7 Å². The Balaban J connectivity index is 1.76. The number of imidazole rings is 1. The van der Waals surface area contributed by atoms with Gasteiger partial charge in [-0.25, -0.2) is 4.98 Å². The summed E-state index contributed by atoms with van der Waals surface area (Å²) in [5, 5.41) is 6.79. The lowest BCUT2D eigenvalue weighted by Gasteiger charge is -2.03. The monoisotopic (exact) mass is 297 g/mol. The van der Waals surface area contributed by atoms with E-state index in [9.17, 15) is 4.79 Å². The molecule has 2 heterocycles. The van der Waals surface area contributed by atoms with Gasteiger partial charge in [0, 0.05) is 31.2 Å². The Bertz CT molecular complexity index is 788. The van der Waals surface area contributed by atoms with Gasteiger partial charge in [0.05, 0.1) is 7.11 Å². The standard InChI is InChI=1S/C15H15N5O2/c1-19-8-7-14(18-19)17-15(21)13-9-20(10-16-13)11-3-5-12(22-2)6-4-11/h3-10H,1-2H3,(H,17,18,21). The predicted molar refractivity (Wildman–Crippen MR) is 81.3 cm³/mol. The second-order valence-corrected chi connectivity index (χ2v) is 4.69. The average Bonchev–Trinajstić information content (AvgIpc) is 3.17. The maximum atomic E-state index is 12.1. The van der Waals surface area contributed by atoms with Crippen molar-refractivity contribution in [2.75, 3.05) is 12.4 Å². The maximum absolute atomic E-state index is 12.1. The number of methoxy groups -OCH3 is 1. The van der Waals surface area contributed by atoms with Crippen molar-refractivity contribution in [2.24, 2.45) is 7.05 Å². The smallest absolute Gasteiger partial charge is 0.277 e. The molecule has 0 unspecified atom stereocenters. The molecule has 0 fully saturated rings. The van der Waals surface area contributed by atoms with Crippen molar-refractivity contribution in [2.45, 2.75) is 0 Å². The summed E-state index contributed by atoms with van der Waals surface area (Å²) < 4.78 is 8.51. The van der Waals surface area contributed by atoms with Gasteiger partial charge in [-0.1, -0.05) is 0 Å². The second-order valence-electron chi connectivity index (χ2n) is 4.69. The summed E-state index contributed by atoms with van der Waals surface area (Å²) in [6.45, 7) is 0. The highest BCUT2D eigenvalue weighted by molar-refractivity contribution is 6.02. The molecule has 0 aliphatic rings. The van der Waals surface area contributed by atoms with Gasteiger partial charge in [-0.2, -0.15) is 5.10 Å². The first-order valence-electron chi connectivity index (χ1n) is 6.65. The largest absolute Gasteiger partial charge is 0.497 e. The van der Waals surface area contributed by atoms with Crippen LogP contribution in [-0.2, 0) is 7.05 Å². The van der Waals surface area contributed by atoms with Gasteiger partial charge in [-0.05, 0) is 24.3 Å². The van der Waals surface area contributed by atoms with E-state index < -0.39 is 0 Å². The van der Waals surface area contributed by atoms with Crippen molar-refractivity contribution in [3.63, 3.8) is 0 Å². The molecule has 1 aromatic carbocycles. The Morgan fingerprint density at radius 1 is 1.23 bits per heavy atom. The van der Waals surface area contributed by atoms with Gasteiger partial charge < -0.3 is 14.6 Å². The molecular formula is C15H15N5O2. The summed E-state index contributed by atoms with van der Waals surface area (Å²) in [5.41, 5.74) is 1.21. The molecule has 0 spiro atoms. The van der Waals surface area contributed by atoms with Crippen LogP contribution in [0.3, 0.4) is 0 Å². The third-order valence-electron chi connectivity index (χ3n) is 3.14. The molecule has 7 heteroatoms. The van der Waals surface area contributed by atoms with Crippen LogP contribution in [-0.4, -0.2) is 32.3 Å². The first-order chi connectivity index (χ1) is 10.7. The third-order valence-corrected chi connectivity index (χ3v) is 3.14. The highest BCUT2D eigenvalue weighted by Gasteiger charge is 2.11. The molecule has 1 amide bonds. The van der Waals surface area contributed by atoms with Crippen LogP contribution in [0.15, 0.2) is 49.1 Å². The summed E-state index contributed by atoms with van der Waals surface area (Å²) in [7, 11) is 3.40. The molecule has 0 aliphatic carbocycles. The average molecular weight is 297 g/mol. The van der Waals surface area contributed by atoms with Gasteiger partial charge >= 0.3 is 0 Å². The van der Waals surface area contributed by atoms with E-state index in [4.69, 9.17) is 4.74 Å². The van der Waals surface area contributed by atoms with Crippen LogP contribution in [0.1, 0.15) is 10.5 Å². The Morgan fingerprint density at radius 2 is 2.00 bits per heavy atom. The topological polar surface area (TPSA) is 74.0 Å². The van der Waals surface area contributed by atoms with E-state index in [0.717, 1.165) is 11.4 Å². The van der Waals surface area contributed by atoms with Crippen LogP contribution < -0.4 is 10.1 Å². The highest BCUT2D eigenvalue weighted by atomic mass is 16.5. The molecule has 1 N–H and O–H groups in total. The quantitative estimate of drug-likeness (QED) is 0.797. The van der Waals surface area contributed by atoms with Gasteiger partial charge in [0.15, 0.2) is 5.82 Å². The number of amides is 1. The van der Waals surface area contributed by atoms with Gasteiger partial charge in [0.25, 0.3) is 5.91 Å². The Morgan fingerprint density at radius 3 is 2.64 bits per heavy atom. The number of aryl methyl sites for hydroxylation is 1. The van der Waals surface area contributed by atoms with E-state index >= 15 is 0 Å². The van der Waals surface area contributed by atoms with Crippen LogP contribution in [0, 0.1) is 0 Å². The lowest BCUT2D eigenvalue weighted by molar-refractivity contribution is 0.102. The Kier molecular flexibility index (Phi) is 3.61. The van der Waals surface area contributed by atoms with Crippen molar-refractivity contribution in [1.29, 1.82) is 0 Å². The van der Waals surface area contributed by atoms with Crippen molar-refractivity contribution < 1.29 is 9.53 Å². The summed E-state index contributed by atoms with van der Waals surface area (Å²) in [4.78, 5) is 16.2. The second kappa shape index (κ2) is 5.72. The van der Waals surface area contributed by atoms with E-state index in [1.54, 1.807) is 48.2 Å². The summed E-state index contributed by atoms with van der Waals surface area (Å²) >= 11 is 0. The lowest BCUT2D eigenvalue weighted by Crippen LogP contribution is -2.13. The first-order valence-corrected chi connectivity index (χ1v) is 6.65. The predicted octanol–water partition coefficient (Wildman–Crippen LogP) is 1.87. The number of hydrogen-bond donors (Lipinski definition) is 1. The minimum Gasteiger partial charge on any atom is -0.497 e. The minimum atomic E-state index is -0.300. The van der Waals surface area contributed by atoms with Crippen LogP contribution in [0.5, 0.6) is 5.75 Å². The number of anilines is 1. The normalized spacial score (nSPS) is 10.5. The summed E-state index contributed by atoms with van der Waals surface area (Å²) in [5.74, 6) is 0.967. The molecule has 0 saturated heterocycles. The van der Waals surface area contributed by atoms with E-state index in [0.29, 0.717) is 11.5 Å². The molecule has 7 nitrogen and oxygen atoms in total. The van der Waals surface area contributed by atoms with E-state index in [1.807, 2.05) is 24.3 Å². The molecule has 3 aromatic rings. The fraction of sp³-hybridized carbons (Fsp3) is 0.133. The number of benzene rings is 1. The number of carbonyl (C=O) groups is 1. The fourth-order valence-corrected chi connectivity index (χ4v) is 2.00. The van der Waals surface area contributed by atoms with Crippen molar-refractivity contribution in [3.8, 4) is 11.4 Å². The number of ether oxygens (including phenoxy) is 1. The number of nitrogens with one attached hydrogen (secondary N) is 1. The number of aromatic nitrogens is 4. The van der Waals surface area contributed by atoms with E-state index in [2.05, 4.69) is 15.4 Å². The molecule has 112 valence electrons. The zero-order valence-corrected chi connectivity index (χ0v) is 12.2. The SMILES string of the molecule is COc1ccc(-n2cnc(C(=O)Nc3ccn(C)n3)c2)cc1. The van der Waals surface area contributed by atoms with E-state index in [1.165, 1.54) is 0 Å². The van der Waals surface area contributed by atoms with Gasteiger partial charge in [0.1, 0.15) is 17.8 Å².